The summed E-state index contributed by atoms with van der Waals surface area (Å²) in [4.78, 5) is 12.5. The highest BCUT2D eigenvalue weighted by Crippen LogP contribution is 2.41. The minimum atomic E-state index is -1.62. The number of fused-ring (bicyclic) bond motifs is 1. The van der Waals surface area contributed by atoms with Gasteiger partial charge in [-0.2, -0.15) is 5.53 Å². The molecule has 0 bridgehead atoms. The fourth-order valence-corrected chi connectivity index (χ4v) is 4.27. The Labute approximate surface area is 189 Å². The third-order valence-electron chi connectivity index (χ3n) is 5.60. The van der Waals surface area contributed by atoms with Crippen molar-refractivity contribution in [1.82, 2.24) is 4.90 Å². The van der Waals surface area contributed by atoms with Gasteiger partial charge in [0.1, 0.15) is 17.3 Å². The van der Waals surface area contributed by atoms with Crippen LogP contribution in [-0.2, 0) is 11.2 Å². The molecule has 1 aliphatic rings. The SMILES string of the molecule is CC1Cc2cc(C(=N)N=[NH2+])ccc2C(c2c(F)cc(/C=C/C(=O)O)cc2F)N1CC(C)(C)F. The largest absolute Gasteiger partial charge is 0.478 e. The van der Waals surface area contributed by atoms with Crippen molar-refractivity contribution in [2.75, 3.05) is 6.54 Å². The third kappa shape index (κ3) is 5.36. The molecule has 0 aliphatic carbocycles. The molecule has 4 N–H and O–H groups in total. The number of rotatable bonds is 6. The van der Waals surface area contributed by atoms with Gasteiger partial charge in [0.05, 0.1) is 6.04 Å². The Hall–Kier alpha value is -3.33. The topological polar surface area (TPSA) is 102 Å². The molecule has 2 atom stereocenters. The fraction of sp³-hybridized carbons (Fsp3) is 0.333. The number of carboxylic acids is 1. The number of halogens is 3. The van der Waals surface area contributed by atoms with E-state index >= 15 is 8.78 Å². The standard InChI is InChI=1S/C24H25F3N4O2/c1-13-8-16-11-15(23(28)30-29)5-6-17(16)22(31(13)12-24(2,3)27)21-18(25)9-14(10-19(21)26)4-7-20(32)33/h4-7,9-11,13,22,28-29H,8,12H2,1-3H3,(H,32,33)/p+1/b7-4+,28-23?,30-29?. The van der Waals surface area contributed by atoms with E-state index in [1.165, 1.54) is 13.8 Å². The number of carbonyl (C=O) groups is 1. The molecule has 174 valence electrons. The molecule has 1 aliphatic heterocycles. The molecule has 0 saturated heterocycles. The molecule has 2 unspecified atom stereocenters. The molecule has 0 spiro atoms. The first-order valence-corrected chi connectivity index (χ1v) is 10.4. The van der Waals surface area contributed by atoms with Gasteiger partial charge >= 0.3 is 5.97 Å². The van der Waals surface area contributed by atoms with Crippen LogP contribution < -0.4 is 5.53 Å². The number of hydrogen-bond acceptors (Lipinski definition) is 3. The predicted octanol–water partition coefficient (Wildman–Crippen LogP) is 3.68. The van der Waals surface area contributed by atoms with E-state index in [2.05, 4.69) is 5.11 Å². The molecule has 6 nitrogen and oxygen atoms in total. The van der Waals surface area contributed by atoms with E-state index in [0.717, 1.165) is 29.8 Å². The zero-order chi connectivity index (χ0) is 24.5. The molecule has 33 heavy (non-hydrogen) atoms. The molecule has 0 amide bonds. The molecule has 1 heterocycles. The molecular formula is C24H26F3N4O2+. The summed E-state index contributed by atoms with van der Waals surface area (Å²) in [6.45, 7) is 4.61. The number of nitrogens with zero attached hydrogens (tertiary/aromatic N) is 2. The Balaban J connectivity index is 2.20. The van der Waals surface area contributed by atoms with Gasteiger partial charge in [0, 0.05) is 34.9 Å². The second-order valence-electron chi connectivity index (χ2n) is 8.81. The quantitative estimate of drug-likeness (QED) is 0.266. The highest BCUT2D eigenvalue weighted by molar-refractivity contribution is 5.96. The summed E-state index contributed by atoms with van der Waals surface area (Å²) in [5.41, 5.74) is 5.24. The molecule has 3 rings (SSSR count). The minimum absolute atomic E-state index is 0.0611. The average Bonchev–Trinajstić information content (AvgIpc) is 2.71. The third-order valence-corrected chi connectivity index (χ3v) is 5.60. The van der Waals surface area contributed by atoms with Crippen molar-refractivity contribution in [2.45, 2.75) is 44.9 Å². The normalized spacial score (nSPS) is 18.8. The molecule has 0 radical (unpaired) electrons. The molecule has 2 aromatic carbocycles. The van der Waals surface area contributed by atoms with Gasteiger partial charge in [0.2, 0.25) is 5.84 Å². The number of carboxylic acid groups (broad SMARTS) is 1. The Morgan fingerprint density at radius 1 is 1.30 bits per heavy atom. The van der Waals surface area contributed by atoms with Gasteiger partial charge in [-0.3, -0.25) is 10.3 Å². The van der Waals surface area contributed by atoms with E-state index in [1.807, 2.05) is 6.92 Å². The summed E-state index contributed by atoms with van der Waals surface area (Å²) in [6, 6.07) is 5.92. The highest BCUT2D eigenvalue weighted by Gasteiger charge is 2.39. The van der Waals surface area contributed by atoms with Crippen LogP contribution >= 0.6 is 0 Å². The predicted molar refractivity (Wildman–Crippen MR) is 118 cm³/mol. The van der Waals surface area contributed by atoms with E-state index in [9.17, 15) is 9.18 Å². The van der Waals surface area contributed by atoms with Gasteiger partial charge in [0.25, 0.3) is 0 Å². The second kappa shape index (κ2) is 9.27. The van der Waals surface area contributed by atoms with Crippen LogP contribution in [0.4, 0.5) is 13.2 Å². The first kappa shape index (κ1) is 24.3. The number of hydrogen-bond donors (Lipinski definition) is 3. The number of nitrogens with two attached hydrogens (primary N) is 1. The smallest absolute Gasteiger partial charge is 0.328 e. The Kier molecular flexibility index (Phi) is 6.83. The van der Waals surface area contributed by atoms with Crippen LogP contribution in [0.2, 0.25) is 0 Å². The monoisotopic (exact) mass is 459 g/mol. The number of nitrogens with one attached hydrogen (secondary N) is 1. The van der Waals surface area contributed by atoms with Crippen LogP contribution in [0.5, 0.6) is 0 Å². The van der Waals surface area contributed by atoms with Gasteiger partial charge in [-0.25, -0.2) is 18.0 Å². The zero-order valence-corrected chi connectivity index (χ0v) is 18.6. The summed E-state index contributed by atoms with van der Waals surface area (Å²) in [5.74, 6) is -3.08. The van der Waals surface area contributed by atoms with Gasteiger partial charge in [-0.1, -0.05) is 12.1 Å². The van der Waals surface area contributed by atoms with E-state index in [1.54, 1.807) is 23.1 Å². The maximum absolute atomic E-state index is 15.3. The lowest BCUT2D eigenvalue weighted by atomic mass is 9.83. The summed E-state index contributed by atoms with van der Waals surface area (Å²) in [6.07, 6.45) is 2.38. The van der Waals surface area contributed by atoms with Gasteiger partial charge in [-0.15, -0.1) is 0 Å². The average molecular weight is 459 g/mol. The van der Waals surface area contributed by atoms with E-state index < -0.39 is 29.3 Å². The highest BCUT2D eigenvalue weighted by atomic mass is 19.1. The van der Waals surface area contributed by atoms with Crippen molar-refractivity contribution >= 4 is 17.9 Å². The lowest BCUT2D eigenvalue weighted by Crippen LogP contribution is -2.48. The van der Waals surface area contributed by atoms with Crippen molar-refractivity contribution in [1.29, 1.82) is 5.41 Å². The first-order chi connectivity index (χ1) is 15.4. The molecule has 0 fully saturated rings. The van der Waals surface area contributed by atoms with Crippen molar-refractivity contribution in [2.24, 2.45) is 5.11 Å². The van der Waals surface area contributed by atoms with Gasteiger partial charge < -0.3 is 5.11 Å². The minimum Gasteiger partial charge on any atom is -0.478 e. The number of benzene rings is 2. The maximum Gasteiger partial charge on any atom is 0.328 e. The van der Waals surface area contributed by atoms with Gasteiger partial charge in [0.15, 0.2) is 0 Å². The van der Waals surface area contributed by atoms with Crippen molar-refractivity contribution in [3.8, 4) is 0 Å². The van der Waals surface area contributed by atoms with Crippen LogP contribution in [0.15, 0.2) is 41.5 Å². The van der Waals surface area contributed by atoms with Crippen molar-refractivity contribution < 1.29 is 28.6 Å². The van der Waals surface area contributed by atoms with Crippen LogP contribution in [0.25, 0.3) is 6.08 Å². The van der Waals surface area contributed by atoms with E-state index in [0.29, 0.717) is 17.5 Å². The Bertz CT molecular complexity index is 1120. The summed E-state index contributed by atoms with van der Waals surface area (Å²) >= 11 is 0. The van der Waals surface area contributed by atoms with Crippen LogP contribution in [0.1, 0.15) is 54.6 Å². The lowest BCUT2D eigenvalue weighted by molar-refractivity contribution is -0.207. The number of amidine groups is 1. The Morgan fingerprint density at radius 2 is 1.94 bits per heavy atom. The van der Waals surface area contributed by atoms with Crippen LogP contribution in [0, 0.1) is 17.0 Å². The summed E-state index contributed by atoms with van der Waals surface area (Å²) < 4.78 is 45.3. The van der Waals surface area contributed by atoms with Gasteiger partial charge in [-0.05, 0) is 68.2 Å². The van der Waals surface area contributed by atoms with Crippen molar-refractivity contribution in [3.05, 3.63) is 75.9 Å². The number of aliphatic carboxylic acids is 1. The molecule has 9 heteroatoms. The fourth-order valence-electron chi connectivity index (χ4n) is 4.27. The Morgan fingerprint density at radius 3 is 2.48 bits per heavy atom. The second-order valence-corrected chi connectivity index (χ2v) is 8.81. The molecular weight excluding hydrogens is 433 g/mol. The summed E-state index contributed by atoms with van der Waals surface area (Å²) in [7, 11) is 0. The van der Waals surface area contributed by atoms with Crippen molar-refractivity contribution in [3.63, 3.8) is 0 Å². The van der Waals surface area contributed by atoms with E-state index in [4.69, 9.17) is 16.0 Å². The number of alkyl halides is 1. The van der Waals surface area contributed by atoms with E-state index in [-0.39, 0.29) is 29.5 Å². The van der Waals surface area contributed by atoms with Crippen LogP contribution in [-0.4, -0.2) is 40.1 Å². The molecule has 0 aromatic heterocycles. The summed E-state index contributed by atoms with van der Waals surface area (Å²) in [5, 5.41) is 20.0. The lowest BCUT2D eigenvalue weighted by Gasteiger charge is -2.44. The first-order valence-electron chi connectivity index (χ1n) is 10.4. The van der Waals surface area contributed by atoms with Crippen LogP contribution in [0.3, 0.4) is 0 Å². The maximum atomic E-state index is 15.3. The molecule has 2 aromatic rings. The molecule has 0 saturated carbocycles. The zero-order valence-electron chi connectivity index (χ0n) is 18.6.